The Bertz CT molecular complexity index is 3690. The molecule has 0 N–H and O–H groups in total. The topological polar surface area (TPSA) is 51.2 Å². The summed E-state index contributed by atoms with van der Waals surface area (Å²) in [5.74, 6) is 1.09. The number of anilines is 2. The monoisotopic (exact) mass is 1340 g/mol. The van der Waals surface area contributed by atoms with Gasteiger partial charge in [0.25, 0.3) is 0 Å². The number of unbranched alkanes of at least 4 members (excludes halogenated alkanes) is 2. The summed E-state index contributed by atoms with van der Waals surface area (Å²) in [6, 6.07) is 66.9. The van der Waals surface area contributed by atoms with Crippen LogP contribution in [0.1, 0.15) is 77.7 Å². The Labute approximate surface area is 517 Å². The maximum absolute atomic E-state index is 16.6. The lowest BCUT2D eigenvalue weighted by Gasteiger charge is -2.31. The Kier molecular flexibility index (Phi) is 18.5. The van der Waals surface area contributed by atoms with Crippen LogP contribution in [0.15, 0.2) is 224 Å². The van der Waals surface area contributed by atoms with E-state index in [2.05, 4.69) is 233 Å². The average molecular weight is 1340 g/mol. The van der Waals surface area contributed by atoms with Gasteiger partial charge in [0.2, 0.25) is 0 Å². The van der Waals surface area contributed by atoms with E-state index in [1.807, 2.05) is 88.9 Å². The molecule has 0 aromatic heterocycles. The Morgan fingerprint density at radius 3 is 1.06 bits per heavy atom. The number of hydrogen-bond donors (Lipinski definition) is 0. The molecule has 1 aliphatic heterocycles. The van der Waals surface area contributed by atoms with E-state index in [-0.39, 0.29) is 0 Å². The maximum atomic E-state index is 16.6. The fourth-order valence-electron chi connectivity index (χ4n) is 10.7. The lowest BCUT2D eigenvalue weighted by Crippen LogP contribution is -2.24. The van der Waals surface area contributed by atoms with Crippen molar-refractivity contribution >= 4 is 92.2 Å². The van der Waals surface area contributed by atoms with Crippen LogP contribution in [0.25, 0.3) is 55.7 Å². The van der Waals surface area contributed by atoms with Gasteiger partial charge in [-0.05, 0) is 159 Å². The quantitative estimate of drug-likeness (QED) is 0.0560. The third-order valence-corrected chi connectivity index (χ3v) is 17.7. The molecule has 414 valence electrons. The summed E-state index contributed by atoms with van der Waals surface area (Å²) < 4.78 is 23.6. The number of rotatable bonds is 20. The van der Waals surface area contributed by atoms with E-state index in [4.69, 9.17) is 14.2 Å². The molecule has 10 rings (SSSR count). The molecule has 0 saturated carbocycles. The van der Waals surface area contributed by atoms with Crippen molar-refractivity contribution in [1.82, 2.24) is 0 Å². The zero-order valence-electron chi connectivity index (χ0n) is 46.9. The first-order valence-corrected chi connectivity index (χ1v) is 30.9. The van der Waals surface area contributed by atoms with Gasteiger partial charge in [0, 0.05) is 79.7 Å². The summed E-state index contributed by atoms with van der Waals surface area (Å²) in [4.78, 5) is 20.8. The maximum Gasteiger partial charge on any atom is 0.340 e. The number of fused-ring (bicyclic) bond motifs is 1. The lowest BCUT2D eigenvalue weighted by atomic mass is 9.72. The minimum Gasteiger partial charge on any atom is -0.494 e. The van der Waals surface area contributed by atoms with Crippen molar-refractivity contribution in [2.24, 2.45) is 0 Å². The molecule has 9 aromatic rings. The highest BCUT2D eigenvalue weighted by Gasteiger charge is 2.50. The van der Waals surface area contributed by atoms with Crippen LogP contribution in [0.3, 0.4) is 0 Å². The molecule has 9 aromatic carbocycles. The predicted octanol–water partition coefficient (Wildman–Crippen LogP) is 20.5. The molecular formula is C72H64Br4N2O4. The van der Waals surface area contributed by atoms with E-state index >= 15 is 4.79 Å². The zero-order chi connectivity index (χ0) is 57.5. The second-order valence-corrected chi connectivity index (χ2v) is 24.2. The van der Waals surface area contributed by atoms with Gasteiger partial charge in [-0.1, -0.05) is 212 Å². The third-order valence-electron chi connectivity index (χ3n) is 14.9. The van der Waals surface area contributed by atoms with Crippen molar-refractivity contribution < 1.29 is 19.0 Å². The second kappa shape index (κ2) is 26.1. The normalized spacial score (nSPS) is 12.9. The Morgan fingerprint density at radius 1 is 0.427 bits per heavy atom. The lowest BCUT2D eigenvalue weighted by molar-refractivity contribution is 0.0301. The van der Waals surface area contributed by atoms with Gasteiger partial charge in [-0.25, -0.2) is 4.79 Å². The van der Waals surface area contributed by atoms with Gasteiger partial charge in [-0.15, -0.1) is 0 Å². The van der Waals surface area contributed by atoms with Gasteiger partial charge in [0.1, 0.15) is 11.5 Å². The van der Waals surface area contributed by atoms with Crippen LogP contribution in [0.2, 0.25) is 0 Å². The smallest absolute Gasteiger partial charge is 0.340 e. The minimum atomic E-state index is -1.66. The van der Waals surface area contributed by atoms with Crippen molar-refractivity contribution in [3.05, 3.63) is 258 Å². The summed E-state index contributed by atoms with van der Waals surface area (Å²) >= 11 is 16.3. The van der Waals surface area contributed by atoms with E-state index in [9.17, 15) is 0 Å². The number of carbonyl (C=O) groups excluding carboxylic acids is 1. The molecule has 0 amide bonds. The highest BCUT2D eigenvalue weighted by molar-refractivity contribution is 9.11. The fraction of sp³-hybridized carbons (Fsp3) is 0.181. The summed E-state index contributed by atoms with van der Waals surface area (Å²) in [5, 5.41) is 0. The summed E-state index contributed by atoms with van der Waals surface area (Å²) in [6.07, 6.45) is 8.34. The molecular weight excluding hydrogens is 1280 g/mol. The SMILES string of the molecule is CCCCOc1ccc(/C(=C/C2(/C=C(/c3ccc(OCCCC)cc3)c3ccc(N(C)C)cc3)OC(=O)c3c(-c4ccccc4Br)c(-c4ccccc4Br)c(-c4ccccc4Br)c(-c4ccccc4Br)c32)c2ccc(N(C)C)cc2)cc1. The van der Waals surface area contributed by atoms with Gasteiger partial charge < -0.3 is 24.0 Å². The summed E-state index contributed by atoms with van der Waals surface area (Å²) in [5.41, 5.74) is 13.8. The minimum absolute atomic E-state index is 0.440. The van der Waals surface area contributed by atoms with Crippen molar-refractivity contribution in [2.75, 3.05) is 51.2 Å². The number of cyclic esters (lactones) is 1. The van der Waals surface area contributed by atoms with E-state index in [0.717, 1.165) is 144 Å². The van der Waals surface area contributed by atoms with Crippen molar-refractivity contribution in [3.63, 3.8) is 0 Å². The molecule has 0 saturated heterocycles. The van der Waals surface area contributed by atoms with Crippen LogP contribution in [0, 0.1) is 0 Å². The molecule has 1 aliphatic rings. The van der Waals surface area contributed by atoms with Crippen LogP contribution in [-0.4, -0.2) is 47.4 Å². The van der Waals surface area contributed by atoms with Gasteiger partial charge in [0.05, 0.1) is 18.8 Å². The molecule has 82 heavy (non-hydrogen) atoms. The number of carbonyl (C=O) groups is 1. The molecule has 0 fully saturated rings. The largest absolute Gasteiger partial charge is 0.494 e. The number of halogens is 4. The summed E-state index contributed by atoms with van der Waals surface area (Å²) in [6.45, 7) is 5.57. The van der Waals surface area contributed by atoms with E-state index in [0.29, 0.717) is 24.3 Å². The zero-order valence-corrected chi connectivity index (χ0v) is 53.3. The molecule has 0 spiro atoms. The summed E-state index contributed by atoms with van der Waals surface area (Å²) in [7, 11) is 8.19. The van der Waals surface area contributed by atoms with Crippen LogP contribution in [0.4, 0.5) is 11.4 Å². The Morgan fingerprint density at radius 2 is 0.732 bits per heavy atom. The Balaban J connectivity index is 1.46. The second-order valence-electron chi connectivity index (χ2n) is 20.8. The average Bonchev–Trinajstić information content (AvgIpc) is 2.17. The first-order valence-electron chi connectivity index (χ1n) is 27.8. The molecule has 0 atom stereocenters. The van der Waals surface area contributed by atoms with Crippen molar-refractivity contribution in [2.45, 2.75) is 45.1 Å². The van der Waals surface area contributed by atoms with Gasteiger partial charge >= 0.3 is 5.97 Å². The highest BCUT2D eigenvalue weighted by atomic mass is 79.9. The molecule has 10 heteroatoms. The van der Waals surface area contributed by atoms with E-state index in [1.165, 1.54) is 0 Å². The highest BCUT2D eigenvalue weighted by Crippen LogP contribution is 2.60. The molecule has 0 radical (unpaired) electrons. The van der Waals surface area contributed by atoms with Crippen molar-refractivity contribution in [3.8, 4) is 56.0 Å². The molecule has 0 unspecified atom stereocenters. The molecule has 1 heterocycles. The first-order chi connectivity index (χ1) is 39.8. The van der Waals surface area contributed by atoms with Crippen LogP contribution < -0.4 is 19.3 Å². The number of benzene rings is 9. The fourth-order valence-corrected chi connectivity index (χ4v) is 12.6. The number of nitrogens with zero attached hydrogens (tertiary/aromatic N) is 2. The standard InChI is InChI=1S/C72H64Br4N2O4/c1-7-9-43-80-53-39-31-49(32-40-53)59(47-27-35-51(36-28-47)77(3)4)45-72(46-60(48-29-37-52(38-30-48)78(5)6)50-33-41-54(42-34-50)81-44-10-8-2)70-68(58-22-14-18-26-64(58)76)66(56-20-12-16-24-62(56)74)65(55-19-11-15-23-61(55)73)67(69(70)71(79)82-72)57-21-13-17-25-63(57)75/h11-42,45-46H,7-10,43-44H2,1-6H3/b59-45+,60-46+. The Hall–Kier alpha value is -6.95. The van der Waals surface area contributed by atoms with Crippen LogP contribution in [-0.2, 0) is 10.3 Å². The van der Waals surface area contributed by atoms with Crippen molar-refractivity contribution in [1.29, 1.82) is 0 Å². The molecule has 0 aliphatic carbocycles. The number of hydrogen-bond acceptors (Lipinski definition) is 6. The van der Waals surface area contributed by atoms with Crippen LogP contribution >= 0.6 is 63.7 Å². The number of esters is 1. The van der Waals surface area contributed by atoms with E-state index in [1.54, 1.807) is 0 Å². The van der Waals surface area contributed by atoms with Gasteiger partial charge in [-0.2, -0.15) is 0 Å². The first kappa shape index (κ1) is 58.3. The van der Waals surface area contributed by atoms with Gasteiger partial charge in [0.15, 0.2) is 5.60 Å². The van der Waals surface area contributed by atoms with Gasteiger partial charge in [-0.3, -0.25) is 0 Å². The number of ether oxygens (including phenoxy) is 3. The molecule has 0 bridgehead atoms. The third kappa shape index (κ3) is 12.2. The molecule has 6 nitrogen and oxygen atoms in total. The van der Waals surface area contributed by atoms with Crippen LogP contribution in [0.5, 0.6) is 11.5 Å². The predicted molar refractivity (Wildman–Crippen MR) is 355 cm³/mol. The van der Waals surface area contributed by atoms with E-state index < -0.39 is 11.6 Å².